The lowest BCUT2D eigenvalue weighted by molar-refractivity contribution is 0.774. The van der Waals surface area contributed by atoms with Gasteiger partial charge >= 0.3 is 0 Å². The predicted molar refractivity (Wildman–Crippen MR) is 79.3 cm³/mol. The Morgan fingerprint density at radius 1 is 1.05 bits per heavy atom. The van der Waals surface area contributed by atoms with Gasteiger partial charge in [-0.25, -0.2) is 9.97 Å². The molecule has 0 atom stereocenters. The average Bonchev–Trinajstić information content (AvgIpc) is 2.37. The minimum absolute atomic E-state index is 0.826. The van der Waals surface area contributed by atoms with Gasteiger partial charge in [-0.2, -0.15) is 0 Å². The maximum Gasteiger partial charge on any atom is 0.159 e. The Balaban J connectivity index is 2.39. The molecule has 1 heterocycles. The molecule has 0 aliphatic heterocycles. The number of likely N-dealkylation sites (N-methyl/N-ethyl adjacent to an activating group) is 1. The highest BCUT2D eigenvalue weighted by Gasteiger charge is 2.09. The predicted octanol–water partition coefficient (Wildman–Crippen LogP) is 2.83. The third kappa shape index (κ3) is 3.18. The van der Waals surface area contributed by atoms with Gasteiger partial charge in [0.15, 0.2) is 5.82 Å². The molecule has 0 aliphatic carbocycles. The van der Waals surface area contributed by atoms with Crippen molar-refractivity contribution in [2.75, 3.05) is 13.6 Å². The summed E-state index contributed by atoms with van der Waals surface area (Å²) in [6.07, 6.45) is 0.974. The van der Waals surface area contributed by atoms with Gasteiger partial charge in [0, 0.05) is 17.0 Å². The lowest BCUT2D eigenvalue weighted by Gasteiger charge is -2.11. The average molecular weight is 255 g/mol. The van der Waals surface area contributed by atoms with E-state index in [4.69, 9.17) is 0 Å². The van der Waals surface area contributed by atoms with Crippen molar-refractivity contribution in [2.45, 2.75) is 27.2 Å². The van der Waals surface area contributed by atoms with Crippen LogP contribution in [0.25, 0.3) is 11.4 Å². The Morgan fingerprint density at radius 2 is 1.74 bits per heavy atom. The van der Waals surface area contributed by atoms with Crippen LogP contribution >= 0.6 is 0 Å². The third-order valence-electron chi connectivity index (χ3n) is 3.32. The van der Waals surface area contributed by atoms with Gasteiger partial charge in [0.25, 0.3) is 0 Å². The quantitative estimate of drug-likeness (QED) is 0.913. The van der Waals surface area contributed by atoms with Crippen LogP contribution in [0.15, 0.2) is 24.3 Å². The first-order valence-corrected chi connectivity index (χ1v) is 6.67. The van der Waals surface area contributed by atoms with E-state index in [0.29, 0.717) is 0 Å². The normalized spacial score (nSPS) is 10.7. The number of rotatable bonds is 4. The highest BCUT2D eigenvalue weighted by atomic mass is 14.9. The van der Waals surface area contributed by atoms with Crippen LogP contribution in [0.5, 0.6) is 0 Å². The monoisotopic (exact) mass is 255 g/mol. The van der Waals surface area contributed by atoms with Gasteiger partial charge in [0.1, 0.15) is 0 Å². The largest absolute Gasteiger partial charge is 0.319 e. The van der Waals surface area contributed by atoms with Crippen molar-refractivity contribution in [3.63, 3.8) is 0 Å². The van der Waals surface area contributed by atoms with Crippen molar-refractivity contribution in [2.24, 2.45) is 0 Å². The summed E-state index contributed by atoms with van der Waals surface area (Å²) in [6.45, 7) is 7.18. The molecular weight excluding hydrogens is 234 g/mol. The lowest BCUT2D eigenvalue weighted by Crippen LogP contribution is -2.13. The summed E-state index contributed by atoms with van der Waals surface area (Å²) in [5.41, 5.74) is 5.74. The summed E-state index contributed by atoms with van der Waals surface area (Å²) in [4.78, 5) is 9.32. The third-order valence-corrected chi connectivity index (χ3v) is 3.32. The van der Waals surface area contributed by atoms with Crippen LogP contribution in [-0.2, 0) is 6.42 Å². The van der Waals surface area contributed by atoms with Crippen molar-refractivity contribution in [1.82, 2.24) is 15.3 Å². The molecule has 3 heteroatoms. The topological polar surface area (TPSA) is 37.8 Å². The number of hydrogen-bond donors (Lipinski definition) is 1. The fourth-order valence-corrected chi connectivity index (χ4v) is 2.26. The zero-order valence-electron chi connectivity index (χ0n) is 12.1. The molecule has 19 heavy (non-hydrogen) atoms. The van der Waals surface area contributed by atoms with E-state index in [-0.39, 0.29) is 0 Å². The molecule has 0 unspecified atom stereocenters. The summed E-state index contributed by atoms with van der Waals surface area (Å²) in [5.74, 6) is 0.826. The molecule has 0 aliphatic rings. The van der Waals surface area contributed by atoms with E-state index in [1.807, 2.05) is 13.1 Å². The molecule has 2 aromatic rings. The standard InChI is InChI=1S/C16H21N3/c1-11-6-5-7-14(10-11)16-18-12(2)15(8-9-17-4)13(3)19-16/h5-7,10,17H,8-9H2,1-4H3. The zero-order chi connectivity index (χ0) is 13.8. The summed E-state index contributed by atoms with van der Waals surface area (Å²) < 4.78 is 0. The van der Waals surface area contributed by atoms with Crippen LogP contribution in [-0.4, -0.2) is 23.6 Å². The first-order valence-electron chi connectivity index (χ1n) is 6.67. The first kappa shape index (κ1) is 13.7. The Hall–Kier alpha value is -1.74. The molecule has 1 aromatic carbocycles. The molecule has 0 radical (unpaired) electrons. The fourth-order valence-electron chi connectivity index (χ4n) is 2.26. The van der Waals surface area contributed by atoms with Crippen molar-refractivity contribution in [1.29, 1.82) is 0 Å². The second-order valence-electron chi connectivity index (χ2n) is 4.92. The Morgan fingerprint density at radius 3 is 2.32 bits per heavy atom. The molecule has 0 saturated heterocycles. The number of aryl methyl sites for hydroxylation is 3. The molecule has 0 fully saturated rings. The van der Waals surface area contributed by atoms with Gasteiger partial charge in [0.2, 0.25) is 0 Å². The number of aromatic nitrogens is 2. The SMILES string of the molecule is CNCCc1c(C)nc(-c2cccc(C)c2)nc1C. The number of nitrogens with zero attached hydrogens (tertiary/aromatic N) is 2. The number of benzene rings is 1. The molecule has 0 bridgehead atoms. The fraction of sp³-hybridized carbons (Fsp3) is 0.375. The van der Waals surface area contributed by atoms with Gasteiger partial charge in [0.05, 0.1) is 0 Å². The van der Waals surface area contributed by atoms with E-state index in [9.17, 15) is 0 Å². The minimum Gasteiger partial charge on any atom is -0.319 e. The highest BCUT2D eigenvalue weighted by Crippen LogP contribution is 2.20. The first-order chi connectivity index (χ1) is 9.11. The lowest BCUT2D eigenvalue weighted by atomic mass is 10.1. The van der Waals surface area contributed by atoms with E-state index < -0.39 is 0 Å². The van der Waals surface area contributed by atoms with Gasteiger partial charge in [-0.15, -0.1) is 0 Å². The maximum absolute atomic E-state index is 4.66. The van der Waals surface area contributed by atoms with E-state index in [1.54, 1.807) is 0 Å². The van der Waals surface area contributed by atoms with Crippen LogP contribution in [0.2, 0.25) is 0 Å². The van der Waals surface area contributed by atoms with Gasteiger partial charge in [-0.1, -0.05) is 23.8 Å². The Bertz CT molecular complexity index is 553. The van der Waals surface area contributed by atoms with E-state index in [0.717, 1.165) is 35.7 Å². The van der Waals surface area contributed by atoms with Gasteiger partial charge in [-0.3, -0.25) is 0 Å². The Labute approximate surface area is 115 Å². The molecule has 2 rings (SSSR count). The van der Waals surface area contributed by atoms with Gasteiger partial charge < -0.3 is 5.32 Å². The molecule has 0 amide bonds. The molecule has 3 nitrogen and oxygen atoms in total. The highest BCUT2D eigenvalue weighted by molar-refractivity contribution is 5.56. The Kier molecular flexibility index (Phi) is 4.27. The molecule has 0 spiro atoms. The van der Waals surface area contributed by atoms with E-state index in [2.05, 4.69) is 54.3 Å². The van der Waals surface area contributed by atoms with E-state index in [1.165, 1.54) is 11.1 Å². The van der Waals surface area contributed by atoms with Crippen molar-refractivity contribution < 1.29 is 0 Å². The summed E-state index contributed by atoms with van der Waals surface area (Å²) in [6, 6.07) is 8.33. The van der Waals surface area contributed by atoms with Crippen LogP contribution in [0.3, 0.4) is 0 Å². The van der Waals surface area contributed by atoms with Crippen LogP contribution in [0.1, 0.15) is 22.5 Å². The smallest absolute Gasteiger partial charge is 0.159 e. The number of nitrogens with one attached hydrogen (secondary N) is 1. The second-order valence-corrected chi connectivity index (χ2v) is 4.92. The second kappa shape index (κ2) is 5.93. The zero-order valence-corrected chi connectivity index (χ0v) is 12.1. The van der Waals surface area contributed by atoms with Crippen LogP contribution in [0, 0.1) is 20.8 Å². The minimum atomic E-state index is 0.826. The maximum atomic E-state index is 4.66. The van der Waals surface area contributed by atoms with Crippen LogP contribution < -0.4 is 5.32 Å². The summed E-state index contributed by atoms with van der Waals surface area (Å²) >= 11 is 0. The summed E-state index contributed by atoms with van der Waals surface area (Å²) in [7, 11) is 1.96. The summed E-state index contributed by atoms with van der Waals surface area (Å²) in [5, 5.41) is 3.17. The van der Waals surface area contributed by atoms with E-state index >= 15 is 0 Å². The molecule has 1 N–H and O–H groups in total. The molecular formula is C16H21N3. The van der Waals surface area contributed by atoms with Crippen molar-refractivity contribution in [3.05, 3.63) is 46.8 Å². The van der Waals surface area contributed by atoms with Crippen LogP contribution in [0.4, 0.5) is 0 Å². The molecule has 0 saturated carbocycles. The number of hydrogen-bond acceptors (Lipinski definition) is 3. The molecule has 1 aromatic heterocycles. The van der Waals surface area contributed by atoms with Crippen molar-refractivity contribution >= 4 is 0 Å². The van der Waals surface area contributed by atoms with Crippen molar-refractivity contribution in [3.8, 4) is 11.4 Å². The molecule has 100 valence electrons. The van der Waals surface area contributed by atoms with Gasteiger partial charge in [-0.05, 0) is 52.4 Å².